The first kappa shape index (κ1) is 60.0. The Labute approximate surface area is 451 Å². The zero-order valence-corrected chi connectivity index (χ0v) is 45.9. The summed E-state index contributed by atoms with van der Waals surface area (Å²) in [6, 6.07) is 0. The molecule has 3 aliphatic rings. The lowest BCUT2D eigenvalue weighted by molar-refractivity contribution is -0.745. The molecule has 0 aromatic carbocycles. The van der Waals surface area contributed by atoms with Crippen molar-refractivity contribution < 1.29 is 108 Å². The van der Waals surface area contributed by atoms with E-state index in [1.54, 1.807) is 0 Å². The summed E-state index contributed by atoms with van der Waals surface area (Å²) in [6.07, 6.45) is -13.5. The van der Waals surface area contributed by atoms with E-state index in [4.69, 9.17) is 54.2 Å². The molecule has 44 heteroatoms. The lowest BCUT2D eigenvalue weighted by Gasteiger charge is -2.26. The Morgan fingerprint density at radius 3 is 1.99 bits per heavy atom. The van der Waals surface area contributed by atoms with Crippen LogP contribution in [0.25, 0.3) is 33.5 Å². The minimum absolute atomic E-state index is 0.00646. The van der Waals surface area contributed by atoms with Crippen LogP contribution in [0.1, 0.15) is 31.5 Å². The van der Waals surface area contributed by atoms with Gasteiger partial charge in [0.1, 0.15) is 54.6 Å². The van der Waals surface area contributed by atoms with Crippen molar-refractivity contribution in [2.24, 2.45) is 13.0 Å². The number of aromatic nitrogens is 12. The average Bonchev–Trinajstić information content (AvgIpc) is 4.45. The number of amides is 1. The number of rotatable bonds is 22. The predicted molar refractivity (Wildman–Crippen MR) is 264 cm³/mol. The van der Waals surface area contributed by atoms with Crippen molar-refractivity contribution in [3.63, 3.8) is 0 Å². The van der Waals surface area contributed by atoms with Crippen molar-refractivity contribution >= 4 is 88.4 Å². The van der Waals surface area contributed by atoms with Gasteiger partial charge in [0.15, 0.2) is 41.4 Å². The number of imidazole rings is 3. The van der Waals surface area contributed by atoms with Crippen molar-refractivity contribution in [3.8, 4) is 0 Å². The van der Waals surface area contributed by atoms with E-state index < -0.39 is 136 Å². The van der Waals surface area contributed by atoms with Crippen LogP contribution in [0.5, 0.6) is 0 Å². The number of H-pyrrole nitrogens is 2. The number of nitrogens with one attached hydrogen (secondary N) is 2. The fourth-order valence-corrected chi connectivity index (χ4v) is 13.7. The van der Waals surface area contributed by atoms with Gasteiger partial charge in [0.05, 0.1) is 45.6 Å². The summed E-state index contributed by atoms with van der Waals surface area (Å²) in [5.41, 5.74) is 15.7. The SMILES string of the molecule is CO[C@@H]1[C@H](OP(=O)(O)OC[C@H]2O[C@@H](n3cnc4c(=O)[nH]c(N)nc43)[C@H](O)[C@@H]2O)C(COP(=O)(O)OP(=O)(O)OP(=O)(O)OC[C@H]2OC([n+]3cn(C)c4c(=O)[nH]c(N)nc43)[C@H](O)[C@@H]2CCC(=O)N(C)C)O[C@H]1n1cnc2c(N)ncnc21. The number of nitrogens with zero attached hydrogens (tertiary/aromatic N) is 11. The second kappa shape index (κ2) is 22.8. The molecule has 0 bridgehead atoms. The number of anilines is 3. The first-order valence-corrected chi connectivity index (χ1v) is 29.5. The van der Waals surface area contributed by atoms with Crippen molar-refractivity contribution in [2.45, 2.75) is 80.4 Å². The summed E-state index contributed by atoms with van der Waals surface area (Å²) in [4.78, 5) is 111. The maximum atomic E-state index is 13.8. The van der Waals surface area contributed by atoms with Gasteiger partial charge >= 0.3 is 36.9 Å². The van der Waals surface area contributed by atoms with Crippen LogP contribution in [-0.4, -0.2) is 189 Å². The molecule has 0 saturated carbocycles. The van der Waals surface area contributed by atoms with Crippen LogP contribution in [-0.2, 0) is 75.8 Å². The van der Waals surface area contributed by atoms with Gasteiger partial charge in [-0.2, -0.15) is 13.6 Å². The van der Waals surface area contributed by atoms with E-state index >= 15 is 0 Å². The Hall–Kier alpha value is -5.64. The molecule has 9 heterocycles. The van der Waals surface area contributed by atoms with Gasteiger partial charge < -0.3 is 75.9 Å². The largest absolute Gasteiger partial charge is 0.490 e. The third-order valence-corrected chi connectivity index (χ3v) is 18.2. The van der Waals surface area contributed by atoms with E-state index in [2.05, 4.69) is 48.5 Å². The number of aliphatic hydroxyl groups excluding tert-OH is 3. The zero-order valence-electron chi connectivity index (χ0n) is 42.3. The highest BCUT2D eigenvalue weighted by molar-refractivity contribution is 7.66. The molecule has 6 aromatic rings. The van der Waals surface area contributed by atoms with Crippen LogP contribution in [0, 0.1) is 5.92 Å². The van der Waals surface area contributed by atoms with Gasteiger partial charge in [-0.3, -0.25) is 56.1 Å². The first-order chi connectivity index (χ1) is 38.0. The third kappa shape index (κ3) is 12.5. The van der Waals surface area contributed by atoms with E-state index in [1.807, 2.05) is 0 Å². The number of hydrogen-bond donors (Lipinski definition) is 12. The molecule has 81 heavy (non-hydrogen) atoms. The van der Waals surface area contributed by atoms with Gasteiger partial charge in [-0.05, 0) is 6.42 Å². The molecule has 3 fully saturated rings. The number of aryl methyl sites for hydroxylation is 1. The van der Waals surface area contributed by atoms with Gasteiger partial charge in [-0.15, -0.1) is 0 Å². The van der Waals surface area contributed by atoms with Gasteiger partial charge in [0.25, 0.3) is 17.1 Å². The average molecular weight is 1230 g/mol. The minimum atomic E-state index is -6.23. The van der Waals surface area contributed by atoms with Crippen molar-refractivity contribution in [3.05, 3.63) is 46.0 Å². The Bertz CT molecular complexity index is 3670. The molecular weight excluding hydrogens is 1180 g/mol. The monoisotopic (exact) mass is 1230 g/mol. The van der Waals surface area contributed by atoms with Crippen LogP contribution >= 0.6 is 31.3 Å². The highest BCUT2D eigenvalue weighted by atomic mass is 31.3. The van der Waals surface area contributed by atoms with E-state index in [0.29, 0.717) is 0 Å². The number of phosphoric ester groups is 3. The Morgan fingerprint density at radius 1 is 0.728 bits per heavy atom. The Kier molecular flexibility index (Phi) is 16.9. The standard InChI is InChI=1S/C37H52N16O24P4/c1-49(2)18(54)6-5-14-15(72-33(22(14)55)53-13-50(3)21-30(53)46-37(40)48-32(21)59)7-70-79(62,63)76-81(66,67)77-80(64,65)71-9-17-25(26(68-4)35(74-17)51-11-43-19-27(38)41-10-42-28(19)51)75-78(60,61)69-8-16-23(56)24(57)34(73-16)52-12-44-20-29(52)45-36(39)47-31(20)58/h10-17,22-26,33-35,55-57H,5-9H2,1-4H3,(H11-,38,39,40,41,42,45,46,47,48,58,59,60,61,62,63,64,65,66,67)/p+1/t14-,15-,16-,17?,22-,23-,24-,25-,26-,33?,34-,35-/m1/s1. The maximum Gasteiger partial charge on any atom is 0.490 e. The minimum Gasteiger partial charge on any atom is -0.387 e. The normalized spacial score (nSPS) is 29.0. The highest BCUT2D eigenvalue weighted by Crippen LogP contribution is 2.68. The van der Waals surface area contributed by atoms with Crippen LogP contribution in [0.2, 0.25) is 0 Å². The second-order valence-corrected chi connectivity index (χ2v) is 24.5. The molecule has 3 saturated heterocycles. The summed E-state index contributed by atoms with van der Waals surface area (Å²) >= 11 is 0. The smallest absolute Gasteiger partial charge is 0.387 e. The number of methoxy groups -OCH3 is 1. The van der Waals surface area contributed by atoms with Crippen LogP contribution in [0.4, 0.5) is 17.7 Å². The number of phosphoric acid groups is 4. The van der Waals surface area contributed by atoms with E-state index in [-0.39, 0.29) is 70.0 Å². The molecule has 15 N–H and O–H groups in total. The molecule has 1 amide bonds. The molecule has 444 valence electrons. The third-order valence-electron chi connectivity index (χ3n) is 12.9. The molecule has 40 nitrogen and oxygen atoms in total. The number of carbonyl (C=O) groups excluding carboxylic acids is 1. The van der Waals surface area contributed by atoms with Crippen molar-refractivity contribution in [2.75, 3.05) is 58.2 Å². The lowest BCUT2D eigenvalue weighted by atomic mass is 9.92. The fourth-order valence-electron chi connectivity index (χ4n) is 9.25. The van der Waals surface area contributed by atoms with Crippen LogP contribution < -0.4 is 32.9 Å². The number of ether oxygens (including phenoxy) is 4. The topological polar surface area (TPSA) is 562 Å². The molecule has 9 rings (SSSR count). The lowest BCUT2D eigenvalue weighted by Crippen LogP contribution is -2.45. The van der Waals surface area contributed by atoms with Gasteiger partial charge in [0.2, 0.25) is 23.6 Å². The Balaban J connectivity index is 0.878. The van der Waals surface area contributed by atoms with Gasteiger partial charge in [0, 0.05) is 33.5 Å². The molecule has 6 aromatic heterocycles. The second-order valence-electron chi connectivity index (χ2n) is 18.5. The first-order valence-electron chi connectivity index (χ1n) is 23.5. The molecule has 0 aliphatic carbocycles. The van der Waals surface area contributed by atoms with Crippen molar-refractivity contribution in [1.29, 1.82) is 0 Å². The molecule has 0 radical (unpaired) electrons. The zero-order chi connectivity index (χ0) is 58.8. The number of aromatic amines is 2. The van der Waals surface area contributed by atoms with E-state index in [9.17, 15) is 67.5 Å². The van der Waals surface area contributed by atoms with Crippen LogP contribution in [0.15, 0.2) is 34.9 Å². The molecule has 6 unspecified atom stereocenters. The predicted octanol–water partition coefficient (Wildman–Crippen LogP) is -3.59. The number of fused-ring (bicyclic) bond motifs is 3. The summed E-state index contributed by atoms with van der Waals surface area (Å²) in [7, 11) is -18.0. The Morgan fingerprint density at radius 2 is 1.32 bits per heavy atom. The summed E-state index contributed by atoms with van der Waals surface area (Å²) in [5, 5.41) is 33.3. The van der Waals surface area contributed by atoms with E-state index in [0.717, 1.165) is 30.7 Å². The summed E-state index contributed by atoms with van der Waals surface area (Å²) in [6.45, 7) is -3.27. The highest BCUT2D eigenvalue weighted by Gasteiger charge is 2.54. The number of aliphatic hydroxyl groups is 3. The molecular formula is C37H53N16O24P4+. The molecule has 0 spiro atoms. The summed E-state index contributed by atoms with van der Waals surface area (Å²) in [5.74, 6) is -2.17. The number of nitrogen functional groups attached to an aromatic ring is 3. The number of carbonyl (C=O) groups is 1. The fraction of sp³-hybridized carbons (Fsp3) is 0.568. The van der Waals surface area contributed by atoms with E-state index in [1.165, 1.54) is 46.1 Å². The number of nitrogens with two attached hydrogens (primary N) is 3. The number of hydrogen-bond acceptors (Lipinski definition) is 29. The van der Waals surface area contributed by atoms with Crippen molar-refractivity contribution in [1.82, 2.24) is 58.5 Å². The van der Waals surface area contributed by atoms with Gasteiger partial charge in [-0.1, -0.05) is 4.98 Å². The van der Waals surface area contributed by atoms with Gasteiger partial charge in [-0.25, -0.2) is 42.8 Å². The molecule has 3 aliphatic heterocycles. The quantitative estimate of drug-likeness (QED) is 0.0231. The summed E-state index contributed by atoms with van der Waals surface area (Å²) < 4.78 is 111. The van der Waals surface area contributed by atoms with Crippen LogP contribution in [0.3, 0.4) is 0 Å². The molecule has 16 atom stereocenters. The maximum absolute atomic E-state index is 13.8.